The van der Waals surface area contributed by atoms with Crippen LogP contribution >= 0.6 is 23.2 Å². The molecule has 0 spiro atoms. The molecule has 0 aliphatic carbocycles. The number of hydrogen-bond acceptors (Lipinski definition) is 4. The first-order chi connectivity index (χ1) is 12.9. The van der Waals surface area contributed by atoms with Crippen LogP contribution in [0.1, 0.15) is 11.1 Å². The van der Waals surface area contributed by atoms with Gasteiger partial charge in [0.05, 0.1) is 20.8 Å². The quantitative estimate of drug-likeness (QED) is 0.556. The molecule has 3 rings (SSSR count). The summed E-state index contributed by atoms with van der Waals surface area (Å²) >= 11 is 12.0. The second-order valence-corrected chi connectivity index (χ2v) is 6.86. The molecule has 0 saturated carbocycles. The largest absolute Gasteiger partial charge is 0.493 e. The van der Waals surface area contributed by atoms with Crippen molar-refractivity contribution < 1.29 is 19.1 Å². The SMILES string of the molecule is COc1ccc(CN2CC(=Cc3ccc(Cl)cc3Cl)C(=O)C2=O)cc1OC. The number of Topliss-reactive ketones (excluding diaryl/α,β-unsaturated/α-hetero) is 1. The van der Waals surface area contributed by atoms with Crippen molar-refractivity contribution in [3.63, 3.8) is 0 Å². The first kappa shape index (κ1) is 19.3. The molecule has 1 fully saturated rings. The Morgan fingerprint density at radius 1 is 1.04 bits per heavy atom. The highest BCUT2D eigenvalue weighted by Gasteiger charge is 2.34. The van der Waals surface area contributed by atoms with E-state index >= 15 is 0 Å². The highest BCUT2D eigenvalue weighted by Crippen LogP contribution is 2.29. The van der Waals surface area contributed by atoms with E-state index in [1.54, 1.807) is 50.6 Å². The van der Waals surface area contributed by atoms with Gasteiger partial charge in [-0.3, -0.25) is 9.59 Å². The number of ether oxygens (including phenoxy) is 2. The Kier molecular flexibility index (Phi) is 5.73. The molecule has 0 bridgehead atoms. The van der Waals surface area contributed by atoms with Gasteiger partial charge in [0.15, 0.2) is 11.5 Å². The molecule has 2 aromatic rings. The number of nitrogens with zero attached hydrogens (tertiary/aromatic N) is 1. The summed E-state index contributed by atoms with van der Waals surface area (Å²) in [5.74, 6) is 0.0994. The fourth-order valence-corrected chi connectivity index (χ4v) is 3.34. The second-order valence-electron chi connectivity index (χ2n) is 6.02. The molecule has 2 aromatic carbocycles. The summed E-state index contributed by atoms with van der Waals surface area (Å²) in [6.07, 6.45) is 1.63. The number of carbonyl (C=O) groups excluding carboxylic acids is 2. The molecule has 140 valence electrons. The molecular weight excluding hydrogens is 389 g/mol. The molecule has 0 radical (unpaired) electrons. The number of benzene rings is 2. The summed E-state index contributed by atoms with van der Waals surface area (Å²) in [5, 5.41) is 0.930. The maximum Gasteiger partial charge on any atom is 0.295 e. The second kappa shape index (κ2) is 8.03. The Morgan fingerprint density at radius 3 is 2.44 bits per heavy atom. The number of methoxy groups -OCH3 is 2. The van der Waals surface area contributed by atoms with Gasteiger partial charge in [-0.2, -0.15) is 0 Å². The van der Waals surface area contributed by atoms with Crippen molar-refractivity contribution >= 4 is 41.0 Å². The summed E-state index contributed by atoms with van der Waals surface area (Å²) in [4.78, 5) is 26.2. The third-order valence-corrected chi connectivity index (χ3v) is 4.81. The van der Waals surface area contributed by atoms with Crippen molar-refractivity contribution in [3.8, 4) is 11.5 Å². The van der Waals surface area contributed by atoms with Gasteiger partial charge in [0.25, 0.3) is 5.91 Å². The van der Waals surface area contributed by atoms with Crippen LogP contribution in [0.25, 0.3) is 6.08 Å². The number of halogens is 2. The topological polar surface area (TPSA) is 55.8 Å². The Bertz CT molecular complexity index is 940. The molecule has 0 unspecified atom stereocenters. The molecule has 1 heterocycles. The standard InChI is InChI=1S/C20H17Cl2NO4/c1-26-17-6-3-12(7-18(17)27-2)10-23-11-14(19(24)20(23)25)8-13-4-5-15(21)9-16(13)22/h3-9H,10-11H2,1-2H3. The number of amides is 1. The van der Waals surface area contributed by atoms with Crippen LogP contribution in [-0.2, 0) is 16.1 Å². The lowest BCUT2D eigenvalue weighted by Gasteiger charge is -2.16. The molecule has 1 aliphatic rings. The van der Waals surface area contributed by atoms with Gasteiger partial charge in [-0.25, -0.2) is 0 Å². The number of rotatable bonds is 5. The summed E-state index contributed by atoms with van der Waals surface area (Å²) in [7, 11) is 3.10. The first-order valence-electron chi connectivity index (χ1n) is 8.13. The van der Waals surface area contributed by atoms with Gasteiger partial charge in [0, 0.05) is 22.2 Å². The molecule has 1 aliphatic heterocycles. The van der Waals surface area contributed by atoms with Crippen LogP contribution < -0.4 is 9.47 Å². The summed E-state index contributed by atoms with van der Waals surface area (Å²) in [5.41, 5.74) is 1.87. The van der Waals surface area contributed by atoms with Crippen molar-refractivity contribution in [1.29, 1.82) is 0 Å². The van der Waals surface area contributed by atoms with E-state index in [1.165, 1.54) is 4.90 Å². The van der Waals surface area contributed by atoms with E-state index in [1.807, 2.05) is 6.07 Å². The molecule has 0 N–H and O–H groups in total. The summed E-state index contributed by atoms with van der Waals surface area (Å²) in [6.45, 7) is 0.502. The fraction of sp³-hybridized carbons (Fsp3) is 0.200. The van der Waals surface area contributed by atoms with Crippen LogP contribution in [-0.4, -0.2) is 37.4 Å². The van der Waals surface area contributed by atoms with Gasteiger partial charge in [0.1, 0.15) is 0 Å². The van der Waals surface area contributed by atoms with E-state index in [2.05, 4.69) is 0 Å². The Balaban J connectivity index is 1.82. The first-order valence-corrected chi connectivity index (χ1v) is 8.88. The summed E-state index contributed by atoms with van der Waals surface area (Å²) in [6, 6.07) is 10.4. The van der Waals surface area contributed by atoms with Crippen LogP contribution in [0.5, 0.6) is 11.5 Å². The molecule has 5 nitrogen and oxygen atoms in total. The van der Waals surface area contributed by atoms with E-state index in [-0.39, 0.29) is 13.1 Å². The lowest BCUT2D eigenvalue weighted by Crippen LogP contribution is -2.26. The van der Waals surface area contributed by atoms with E-state index in [9.17, 15) is 9.59 Å². The van der Waals surface area contributed by atoms with Crippen molar-refractivity contribution in [1.82, 2.24) is 4.90 Å². The van der Waals surface area contributed by atoms with Gasteiger partial charge in [-0.05, 0) is 41.5 Å². The third kappa shape index (κ3) is 4.10. The van der Waals surface area contributed by atoms with E-state index < -0.39 is 11.7 Å². The Labute approximate surface area is 167 Å². The molecule has 0 aromatic heterocycles. The van der Waals surface area contributed by atoms with Crippen molar-refractivity contribution in [2.45, 2.75) is 6.54 Å². The molecule has 7 heteroatoms. The molecule has 27 heavy (non-hydrogen) atoms. The maximum absolute atomic E-state index is 12.4. The van der Waals surface area contributed by atoms with Crippen molar-refractivity contribution in [2.24, 2.45) is 0 Å². The van der Waals surface area contributed by atoms with Crippen LogP contribution in [0.15, 0.2) is 42.0 Å². The maximum atomic E-state index is 12.4. The monoisotopic (exact) mass is 405 g/mol. The lowest BCUT2D eigenvalue weighted by atomic mass is 10.1. The fourth-order valence-electron chi connectivity index (χ4n) is 2.87. The van der Waals surface area contributed by atoms with E-state index in [0.717, 1.165) is 5.56 Å². The number of ketones is 1. The average molecular weight is 406 g/mol. The van der Waals surface area contributed by atoms with Gasteiger partial charge in [-0.15, -0.1) is 0 Å². The number of carbonyl (C=O) groups is 2. The average Bonchev–Trinajstić information content (AvgIpc) is 2.91. The minimum Gasteiger partial charge on any atom is -0.493 e. The normalized spacial score (nSPS) is 15.6. The molecule has 1 saturated heterocycles. The molecule has 0 atom stereocenters. The third-order valence-electron chi connectivity index (χ3n) is 4.25. The van der Waals surface area contributed by atoms with Gasteiger partial charge >= 0.3 is 0 Å². The highest BCUT2D eigenvalue weighted by molar-refractivity contribution is 6.46. The van der Waals surface area contributed by atoms with E-state index in [4.69, 9.17) is 32.7 Å². The zero-order valence-corrected chi connectivity index (χ0v) is 16.3. The zero-order chi connectivity index (χ0) is 19.6. The van der Waals surface area contributed by atoms with Gasteiger partial charge < -0.3 is 14.4 Å². The van der Waals surface area contributed by atoms with Crippen LogP contribution in [0, 0.1) is 0 Å². The predicted molar refractivity (Wildman–Crippen MR) is 104 cm³/mol. The summed E-state index contributed by atoms with van der Waals surface area (Å²) < 4.78 is 10.5. The van der Waals surface area contributed by atoms with Crippen molar-refractivity contribution in [3.05, 3.63) is 63.1 Å². The number of likely N-dealkylation sites (tertiary alicyclic amines) is 1. The van der Waals surface area contributed by atoms with Crippen LogP contribution in [0.3, 0.4) is 0 Å². The minimum atomic E-state index is -0.541. The smallest absolute Gasteiger partial charge is 0.295 e. The van der Waals surface area contributed by atoms with Gasteiger partial charge in [0.2, 0.25) is 5.78 Å². The predicted octanol–water partition coefficient (Wildman–Crippen LogP) is 4.01. The molecule has 1 amide bonds. The van der Waals surface area contributed by atoms with E-state index in [0.29, 0.717) is 32.7 Å². The molecular formula is C20H17Cl2NO4. The highest BCUT2D eigenvalue weighted by atomic mass is 35.5. The number of hydrogen-bond donors (Lipinski definition) is 0. The van der Waals surface area contributed by atoms with Gasteiger partial charge in [-0.1, -0.05) is 35.3 Å². The van der Waals surface area contributed by atoms with Crippen molar-refractivity contribution in [2.75, 3.05) is 20.8 Å². The zero-order valence-electron chi connectivity index (χ0n) is 14.8. The Morgan fingerprint density at radius 2 is 1.78 bits per heavy atom. The van der Waals surface area contributed by atoms with Crippen LogP contribution in [0.4, 0.5) is 0 Å². The minimum absolute atomic E-state index is 0.213. The lowest BCUT2D eigenvalue weighted by molar-refractivity contribution is -0.139. The van der Waals surface area contributed by atoms with Crippen LogP contribution in [0.2, 0.25) is 10.0 Å². The Hall–Kier alpha value is -2.50.